The number of benzene rings is 2. The van der Waals surface area contributed by atoms with Gasteiger partial charge in [0.1, 0.15) is 34.4 Å². The molecular formula is C20H22FNO6. The van der Waals surface area contributed by atoms with Crippen LogP contribution in [0.5, 0.6) is 23.0 Å². The van der Waals surface area contributed by atoms with Gasteiger partial charge in [-0.15, -0.1) is 0 Å². The average Bonchev–Trinajstić information content (AvgIpc) is 2.65. The van der Waals surface area contributed by atoms with Crippen molar-refractivity contribution in [2.75, 3.05) is 21.3 Å². The van der Waals surface area contributed by atoms with Crippen molar-refractivity contribution < 1.29 is 33.6 Å². The number of phenols is 2. The molecular weight excluding hydrogens is 369 g/mol. The fourth-order valence-corrected chi connectivity index (χ4v) is 2.74. The molecule has 0 saturated heterocycles. The number of aromatic hydroxyl groups is 2. The second-order valence-corrected chi connectivity index (χ2v) is 6.08. The number of esters is 1. The molecule has 0 aliphatic carbocycles. The van der Waals surface area contributed by atoms with Crippen LogP contribution in [0.15, 0.2) is 29.3 Å². The lowest BCUT2D eigenvalue weighted by Crippen LogP contribution is -2.15. The molecule has 0 aliphatic rings. The first-order chi connectivity index (χ1) is 13.3. The normalized spacial score (nSPS) is 11.5. The first-order valence-electron chi connectivity index (χ1n) is 8.39. The van der Waals surface area contributed by atoms with E-state index in [0.717, 1.165) is 13.2 Å². The molecule has 0 unspecified atom stereocenters. The van der Waals surface area contributed by atoms with Crippen molar-refractivity contribution in [2.45, 2.75) is 19.9 Å². The van der Waals surface area contributed by atoms with Crippen LogP contribution in [-0.2, 0) is 4.74 Å². The van der Waals surface area contributed by atoms with E-state index in [1.54, 1.807) is 19.9 Å². The Morgan fingerprint density at radius 2 is 1.68 bits per heavy atom. The molecule has 2 N–H and O–H groups in total. The predicted octanol–water partition coefficient (Wildman–Crippen LogP) is 3.29. The van der Waals surface area contributed by atoms with Gasteiger partial charge in [0.25, 0.3) is 0 Å². The Morgan fingerprint density at radius 3 is 2.21 bits per heavy atom. The summed E-state index contributed by atoms with van der Waals surface area (Å²) < 4.78 is 29.9. The van der Waals surface area contributed by atoms with Crippen LogP contribution in [0.2, 0.25) is 0 Å². The Balaban J connectivity index is 2.96. The molecule has 28 heavy (non-hydrogen) atoms. The van der Waals surface area contributed by atoms with Gasteiger partial charge < -0.3 is 24.4 Å². The van der Waals surface area contributed by atoms with Gasteiger partial charge in [0.15, 0.2) is 0 Å². The Labute approximate surface area is 162 Å². The molecule has 0 bridgehead atoms. The largest absolute Gasteiger partial charge is 0.507 e. The van der Waals surface area contributed by atoms with E-state index in [0.29, 0.717) is 0 Å². The zero-order valence-corrected chi connectivity index (χ0v) is 16.2. The molecule has 150 valence electrons. The van der Waals surface area contributed by atoms with Crippen LogP contribution in [-0.4, -0.2) is 49.3 Å². The third-order valence-electron chi connectivity index (χ3n) is 3.91. The summed E-state index contributed by atoms with van der Waals surface area (Å²) in [5, 5.41) is 20.9. The van der Waals surface area contributed by atoms with Crippen LogP contribution in [0, 0.1) is 5.82 Å². The number of methoxy groups -OCH3 is 3. The van der Waals surface area contributed by atoms with Crippen molar-refractivity contribution in [3.63, 3.8) is 0 Å². The zero-order chi connectivity index (χ0) is 21.0. The number of carbonyl (C=O) groups is 1. The number of nitrogens with zero attached hydrogens (tertiary/aromatic N) is 1. The third kappa shape index (κ3) is 3.85. The number of rotatable bonds is 6. The fourth-order valence-electron chi connectivity index (χ4n) is 2.74. The Morgan fingerprint density at radius 1 is 1.04 bits per heavy atom. The zero-order valence-electron chi connectivity index (χ0n) is 16.2. The van der Waals surface area contributed by atoms with Crippen molar-refractivity contribution in [2.24, 2.45) is 4.99 Å². The monoisotopic (exact) mass is 391 g/mol. The molecule has 0 spiro atoms. The molecule has 7 nitrogen and oxygen atoms in total. The summed E-state index contributed by atoms with van der Waals surface area (Å²) >= 11 is 0. The molecule has 0 saturated carbocycles. The minimum atomic E-state index is -0.969. The maximum atomic E-state index is 14.8. The standard InChI is InChI=1S/C20H22FNO6/c1-10(2)22-18(15-11(21)7-6-8-13(15)26-3)17-14(27-4)9-12(23)16(19(17)24)20(25)28-5/h6-10,23-24H,1-5H3. The van der Waals surface area contributed by atoms with E-state index in [9.17, 15) is 19.4 Å². The van der Waals surface area contributed by atoms with E-state index < -0.39 is 28.8 Å². The van der Waals surface area contributed by atoms with E-state index >= 15 is 0 Å². The number of ether oxygens (including phenoxy) is 3. The third-order valence-corrected chi connectivity index (χ3v) is 3.91. The SMILES string of the molecule is COC(=O)c1c(O)cc(OC)c(C(=NC(C)C)c2c(F)cccc2OC)c1O. The van der Waals surface area contributed by atoms with Gasteiger partial charge in [-0.1, -0.05) is 6.07 Å². The van der Waals surface area contributed by atoms with E-state index in [-0.39, 0.29) is 34.4 Å². The highest BCUT2D eigenvalue weighted by Crippen LogP contribution is 2.41. The lowest BCUT2D eigenvalue weighted by atomic mass is 9.95. The summed E-state index contributed by atoms with van der Waals surface area (Å²) in [4.78, 5) is 16.5. The van der Waals surface area contributed by atoms with Gasteiger partial charge in [0.05, 0.1) is 38.2 Å². The number of hydrogen-bond acceptors (Lipinski definition) is 7. The van der Waals surface area contributed by atoms with Crippen LogP contribution in [0.1, 0.15) is 35.3 Å². The quantitative estimate of drug-likeness (QED) is 0.579. The van der Waals surface area contributed by atoms with Crippen LogP contribution >= 0.6 is 0 Å². The number of carbonyl (C=O) groups excluding carboxylic acids is 1. The molecule has 0 fully saturated rings. The van der Waals surface area contributed by atoms with Gasteiger partial charge in [0.2, 0.25) is 0 Å². The van der Waals surface area contributed by atoms with Gasteiger partial charge in [-0.3, -0.25) is 4.99 Å². The lowest BCUT2D eigenvalue weighted by Gasteiger charge is -2.19. The van der Waals surface area contributed by atoms with Crippen molar-refractivity contribution in [1.29, 1.82) is 0 Å². The predicted molar refractivity (Wildman–Crippen MR) is 101 cm³/mol. The van der Waals surface area contributed by atoms with Gasteiger partial charge in [-0.2, -0.15) is 0 Å². The Kier molecular flexibility index (Phi) is 6.45. The summed E-state index contributed by atoms with van der Waals surface area (Å²) in [5.41, 5.74) is -0.568. The maximum Gasteiger partial charge on any atom is 0.345 e. The number of aliphatic imine (C=N–C) groups is 1. The second kappa shape index (κ2) is 8.60. The summed E-state index contributed by atoms with van der Waals surface area (Å²) in [6, 6.07) is 5.06. The van der Waals surface area contributed by atoms with E-state index in [1.165, 1.54) is 26.4 Å². The number of hydrogen-bond donors (Lipinski definition) is 2. The topological polar surface area (TPSA) is 97.6 Å². The summed E-state index contributed by atoms with van der Waals surface area (Å²) in [7, 11) is 3.79. The molecule has 0 radical (unpaired) electrons. The van der Waals surface area contributed by atoms with Crippen LogP contribution in [0.3, 0.4) is 0 Å². The van der Waals surface area contributed by atoms with E-state index in [1.807, 2.05) is 0 Å². The van der Waals surface area contributed by atoms with Gasteiger partial charge >= 0.3 is 5.97 Å². The van der Waals surface area contributed by atoms with Crippen molar-refractivity contribution in [3.8, 4) is 23.0 Å². The fraction of sp³-hybridized carbons (Fsp3) is 0.300. The van der Waals surface area contributed by atoms with Crippen LogP contribution in [0.25, 0.3) is 0 Å². The summed E-state index contributed by atoms with van der Waals surface area (Å²) in [6.45, 7) is 3.52. The Hall–Kier alpha value is -3.29. The average molecular weight is 391 g/mol. The molecule has 0 amide bonds. The molecule has 0 atom stereocenters. The molecule has 0 aromatic heterocycles. The number of halogens is 1. The van der Waals surface area contributed by atoms with Crippen molar-refractivity contribution in [1.82, 2.24) is 0 Å². The van der Waals surface area contributed by atoms with Crippen molar-refractivity contribution >= 4 is 11.7 Å². The smallest absolute Gasteiger partial charge is 0.345 e. The molecule has 2 aromatic rings. The van der Waals surface area contributed by atoms with E-state index in [2.05, 4.69) is 9.73 Å². The molecule has 2 rings (SSSR count). The summed E-state index contributed by atoms with van der Waals surface area (Å²) in [6.07, 6.45) is 0. The number of phenolic OH excluding ortho intramolecular Hbond substituents is 2. The lowest BCUT2D eigenvalue weighted by molar-refractivity contribution is 0.0594. The molecule has 8 heteroatoms. The van der Waals surface area contributed by atoms with E-state index in [4.69, 9.17) is 9.47 Å². The summed E-state index contributed by atoms with van der Waals surface area (Å²) in [5.74, 6) is -2.64. The van der Waals surface area contributed by atoms with Crippen LogP contribution in [0.4, 0.5) is 4.39 Å². The minimum Gasteiger partial charge on any atom is -0.507 e. The minimum absolute atomic E-state index is 0.00412. The van der Waals surface area contributed by atoms with Gasteiger partial charge in [-0.25, -0.2) is 9.18 Å². The molecule has 0 heterocycles. The maximum absolute atomic E-state index is 14.8. The molecule has 0 aliphatic heterocycles. The van der Waals surface area contributed by atoms with Crippen LogP contribution < -0.4 is 9.47 Å². The molecule has 2 aromatic carbocycles. The van der Waals surface area contributed by atoms with Gasteiger partial charge in [0, 0.05) is 12.1 Å². The highest BCUT2D eigenvalue weighted by atomic mass is 19.1. The first-order valence-corrected chi connectivity index (χ1v) is 8.39. The highest BCUT2D eigenvalue weighted by Gasteiger charge is 2.30. The van der Waals surface area contributed by atoms with Crippen molar-refractivity contribution in [3.05, 3.63) is 46.8 Å². The highest BCUT2D eigenvalue weighted by molar-refractivity contribution is 6.19. The van der Waals surface area contributed by atoms with Gasteiger partial charge in [-0.05, 0) is 26.0 Å². The Bertz CT molecular complexity index is 923. The first kappa shape index (κ1) is 21.0. The second-order valence-electron chi connectivity index (χ2n) is 6.08.